The highest BCUT2D eigenvalue weighted by molar-refractivity contribution is 7.96. The van der Waals surface area contributed by atoms with Crippen molar-refractivity contribution >= 4 is 141 Å². The lowest BCUT2D eigenvalue weighted by Gasteiger charge is -2.46. The summed E-state index contributed by atoms with van der Waals surface area (Å²) < 4.78 is 0. The van der Waals surface area contributed by atoms with E-state index in [0.717, 1.165) is 0 Å². The van der Waals surface area contributed by atoms with Gasteiger partial charge in [-0.25, -0.2) is 0 Å². The molecule has 48 heavy (non-hydrogen) atoms. The smallest absolute Gasteiger partial charge is 0.150 e. The monoisotopic (exact) mass is 778 g/mol. The van der Waals surface area contributed by atoms with Crippen molar-refractivity contribution in [2.75, 3.05) is 0 Å². The Balaban J connectivity index is 5.49. The van der Waals surface area contributed by atoms with Gasteiger partial charge in [-0.1, -0.05) is 178 Å². The number of rotatable bonds is 28. The Morgan fingerprint density at radius 3 is 1.17 bits per heavy atom. The van der Waals surface area contributed by atoms with E-state index in [0.29, 0.717) is 5.44 Å². The average molecular weight is 778 g/mol. The molecule has 0 aromatic rings. The molecule has 0 rings (SSSR count). The molecule has 0 amide bonds. The highest BCUT2D eigenvalue weighted by atomic mass is 35.6. The minimum atomic E-state index is -1.81. The summed E-state index contributed by atoms with van der Waals surface area (Å²) in [4.78, 5) is 0. The summed E-state index contributed by atoms with van der Waals surface area (Å²) in [7, 11) is 25.1. The topological polar surface area (TPSA) is 0 Å². The summed E-state index contributed by atoms with van der Waals surface area (Å²) in [6, 6.07) is 13.5. The molecule has 0 fully saturated rings. The van der Waals surface area contributed by atoms with Gasteiger partial charge in [0.05, 0.1) is 0 Å². The summed E-state index contributed by atoms with van der Waals surface area (Å²) in [6.07, 6.45) is 9.31. The Bertz CT molecular complexity index is 874. The van der Waals surface area contributed by atoms with Gasteiger partial charge >= 0.3 is 0 Å². The average Bonchev–Trinajstić information content (AvgIpc) is 2.90. The van der Waals surface area contributed by atoms with Crippen molar-refractivity contribution in [2.45, 2.75) is 184 Å². The van der Waals surface area contributed by atoms with Crippen LogP contribution in [0.5, 0.6) is 0 Å². The van der Waals surface area contributed by atoms with Gasteiger partial charge in [-0.05, 0) is 12.1 Å². The van der Waals surface area contributed by atoms with E-state index in [-0.39, 0.29) is 12.9 Å². The molecule has 0 heterocycles. The molecule has 12 radical (unpaired) electrons. The molecule has 0 aromatic carbocycles. The van der Waals surface area contributed by atoms with Gasteiger partial charge in [-0.15, -0.1) is 0 Å². The Hall–Kier alpha value is 2.53. The van der Waals surface area contributed by atoms with Crippen molar-refractivity contribution in [1.82, 2.24) is 0 Å². The van der Waals surface area contributed by atoms with Crippen molar-refractivity contribution in [3.05, 3.63) is 6.04 Å². The Labute approximate surface area is 328 Å². The normalized spacial score (nSPS) is 14.1. The third kappa shape index (κ3) is 24.0. The van der Waals surface area contributed by atoms with Gasteiger partial charge in [0.15, 0.2) is 0 Å². The molecule has 0 bridgehead atoms. The number of hydrogen-bond acceptors (Lipinski definition) is 0. The van der Waals surface area contributed by atoms with Crippen LogP contribution in [0.15, 0.2) is 0 Å². The second-order valence-corrected chi connectivity index (χ2v) is 54.4. The summed E-state index contributed by atoms with van der Waals surface area (Å²) in [6.45, 7) is 29.6. The van der Waals surface area contributed by atoms with E-state index in [1.165, 1.54) is 99.7 Å². The molecule has 0 saturated heterocycles. The van der Waals surface area contributed by atoms with E-state index in [9.17, 15) is 0 Å². The highest BCUT2D eigenvalue weighted by Gasteiger charge is 2.46. The van der Waals surface area contributed by atoms with Gasteiger partial charge < -0.3 is 0 Å². The zero-order valence-electron chi connectivity index (χ0n) is 34.0. The maximum Gasteiger partial charge on any atom is 0.150 e. The van der Waals surface area contributed by atoms with Crippen molar-refractivity contribution in [2.24, 2.45) is 0 Å². The molecule has 18 heteroatoms. The van der Waals surface area contributed by atoms with Crippen molar-refractivity contribution in [3.63, 3.8) is 0 Å². The van der Waals surface area contributed by atoms with Gasteiger partial charge in [0.2, 0.25) is 0 Å². The van der Waals surface area contributed by atoms with Gasteiger partial charge in [0, 0.05) is 104 Å². The molecule has 1 atom stereocenters. The van der Waals surface area contributed by atoms with E-state index in [1.54, 1.807) is 7.06 Å². The Kier molecular flexibility index (Phi) is 24.0. The van der Waals surface area contributed by atoms with Crippen LogP contribution in [0.25, 0.3) is 0 Å². The molecule has 0 aromatic heterocycles. The second kappa shape index (κ2) is 22.8. The van der Waals surface area contributed by atoms with Crippen LogP contribution in [-0.4, -0.2) is 118 Å². The van der Waals surface area contributed by atoms with Crippen LogP contribution in [0.1, 0.15) is 51.4 Å². The highest BCUT2D eigenvalue weighted by Crippen LogP contribution is 2.39. The van der Waals surface area contributed by atoms with Gasteiger partial charge in [0.1, 0.15) is 14.8 Å². The molecule has 0 aliphatic rings. The largest absolute Gasteiger partial charge is 0.168 e. The van der Waals surface area contributed by atoms with Crippen LogP contribution in [-0.2, 0) is 0 Å². The number of unbranched alkanes of at least 4 members (excludes halogenated alkanes) is 4. The molecule has 0 aliphatic carbocycles. The molecule has 258 valence electrons. The molecule has 0 aliphatic heterocycles. The van der Waals surface area contributed by atoms with Crippen LogP contribution in [0.3, 0.4) is 0 Å². The lowest BCUT2D eigenvalue weighted by atomic mass is 8.60. The molecule has 1 unspecified atom stereocenters. The van der Waals surface area contributed by atoms with Crippen LogP contribution < -0.4 is 0 Å². The minimum Gasteiger partial charge on any atom is -0.168 e. The maximum atomic E-state index is 6.62. The van der Waals surface area contributed by atoms with Crippen LogP contribution in [0.2, 0.25) is 132 Å². The van der Waals surface area contributed by atoms with E-state index in [4.69, 9.17) is 60.8 Å². The summed E-state index contributed by atoms with van der Waals surface area (Å²) in [5.41, 5.74) is 0.340. The number of halogens is 2. The van der Waals surface area contributed by atoms with Crippen molar-refractivity contribution < 1.29 is 0 Å². The fraction of sp³-hybridized carbons (Fsp3) is 0.967. The third-order valence-corrected chi connectivity index (χ3v) is 29.4. The lowest BCUT2D eigenvalue weighted by molar-refractivity contribution is 0.816. The van der Waals surface area contributed by atoms with E-state index in [1.807, 2.05) is 0 Å². The maximum absolute atomic E-state index is 6.62. The summed E-state index contributed by atoms with van der Waals surface area (Å²) >= 11 is 13.1. The fourth-order valence-electron chi connectivity index (χ4n) is 7.76. The molecule has 0 N–H and O–H groups in total. The standard InChI is InChI=1S/C30H70B10Cl2Si6/c1-43(2,23-16-19-27-47(9,10)41)21-13-14-25-45(5,6)29-30(37(38(32)33)40(36-31)39(34)35)46(7,8)26-18-15-22-44(3,4)24-17-20-28-48(11,12)42/h29-30H,13-28H2,1-12H3. The first-order valence-electron chi connectivity index (χ1n) is 19.5. The molecule has 0 nitrogen and oxygen atoms in total. The van der Waals surface area contributed by atoms with Crippen LogP contribution in [0, 0.1) is 6.04 Å². The van der Waals surface area contributed by atoms with Crippen molar-refractivity contribution in [1.29, 1.82) is 0 Å². The zero-order chi connectivity index (χ0) is 37.6. The van der Waals surface area contributed by atoms with Crippen molar-refractivity contribution in [3.8, 4) is 0 Å². The predicted molar refractivity (Wildman–Crippen MR) is 258 cm³/mol. The SMILES string of the molecule is [B][B]B(B([B])[B])B(B([B])[B])C([CH][Si](C)(C)CCCC[Si](C)(C)CCCC[Si](C)(C)Cl)[Si](C)(C)CCCC[Si](C)(C)CCCC[Si](C)(C)Cl. The van der Waals surface area contributed by atoms with E-state index in [2.05, 4.69) is 84.6 Å². The Morgan fingerprint density at radius 1 is 0.521 bits per heavy atom. The van der Waals surface area contributed by atoms with Gasteiger partial charge in [0.25, 0.3) is 0 Å². The van der Waals surface area contributed by atoms with E-state index >= 15 is 0 Å². The molecular weight excluding hydrogens is 708 g/mol. The summed E-state index contributed by atoms with van der Waals surface area (Å²) in [5.74, 6) is 0. The minimum absolute atomic E-state index is 0.0311. The van der Waals surface area contributed by atoms with Crippen LogP contribution >= 0.6 is 22.2 Å². The third-order valence-electron chi connectivity index (χ3n) is 11.1. The van der Waals surface area contributed by atoms with E-state index < -0.39 is 59.8 Å². The molecule has 0 saturated carbocycles. The van der Waals surface area contributed by atoms with Gasteiger partial charge in [-0.2, -0.15) is 22.2 Å². The first-order valence-corrected chi connectivity index (χ1v) is 41.3. The molecule has 0 spiro atoms. The zero-order valence-corrected chi connectivity index (χ0v) is 41.5. The van der Waals surface area contributed by atoms with Gasteiger partial charge in [-0.3, -0.25) is 0 Å². The molecular formula is C30H70B10Cl2Si6. The number of hydrogen-bond donors (Lipinski definition) is 0. The second-order valence-electron chi connectivity index (χ2n) is 19.8. The quantitative estimate of drug-likeness (QED) is 0.0422. The first kappa shape index (κ1) is 50.5. The van der Waals surface area contributed by atoms with Crippen LogP contribution in [0.4, 0.5) is 0 Å². The Morgan fingerprint density at radius 2 is 0.854 bits per heavy atom. The fourth-order valence-corrected chi connectivity index (χ4v) is 24.7. The lowest BCUT2D eigenvalue weighted by Crippen LogP contribution is -2.68. The predicted octanol–water partition coefficient (Wildman–Crippen LogP) is 9.64. The summed E-state index contributed by atoms with van der Waals surface area (Å²) in [5, 5.41) is 0. The first-order chi connectivity index (χ1) is 21.6.